The highest BCUT2D eigenvalue weighted by Crippen LogP contribution is 2.27. The highest BCUT2D eigenvalue weighted by atomic mass is 19.4. The number of hydrogen-bond donors (Lipinski definition) is 2. The second-order valence-corrected chi connectivity index (χ2v) is 4.52. The molecule has 2 N–H and O–H groups in total. The zero-order chi connectivity index (χ0) is 16.3. The average Bonchev–Trinajstić information content (AvgIpc) is 3.18. The van der Waals surface area contributed by atoms with Crippen molar-refractivity contribution in [2.24, 2.45) is 0 Å². The molecule has 0 saturated carbocycles. The lowest BCUT2D eigenvalue weighted by Gasteiger charge is -2.07. The summed E-state index contributed by atoms with van der Waals surface area (Å²) in [7, 11) is 0. The third-order valence-electron chi connectivity index (χ3n) is 2.86. The Labute approximate surface area is 128 Å². The first-order valence-corrected chi connectivity index (χ1v) is 6.61. The maximum atomic E-state index is 12.5. The number of hydrogen-bond acceptors (Lipinski definition) is 6. The van der Waals surface area contributed by atoms with Crippen LogP contribution in [0.25, 0.3) is 11.6 Å². The minimum Gasteiger partial charge on any atom is -0.461 e. The summed E-state index contributed by atoms with van der Waals surface area (Å²) in [6.45, 7) is 0.300. The van der Waals surface area contributed by atoms with Crippen LogP contribution in [-0.4, -0.2) is 31.7 Å². The second-order valence-electron chi connectivity index (χ2n) is 4.52. The molecule has 0 bridgehead atoms. The summed E-state index contributed by atoms with van der Waals surface area (Å²) in [5.41, 5.74) is -0.991. The summed E-state index contributed by atoms with van der Waals surface area (Å²) in [5, 5.41) is 9.44. The topological polar surface area (TPSA) is 92.5 Å². The molecule has 0 unspecified atom stereocenters. The number of halogens is 3. The molecule has 0 aliphatic rings. The highest BCUT2D eigenvalue weighted by molar-refractivity contribution is 5.45. The molecule has 0 aromatic carbocycles. The highest BCUT2D eigenvalue weighted by Gasteiger charge is 2.32. The van der Waals surface area contributed by atoms with Crippen molar-refractivity contribution in [2.75, 3.05) is 11.9 Å². The van der Waals surface area contributed by atoms with Gasteiger partial charge in [-0.05, 0) is 18.2 Å². The van der Waals surface area contributed by atoms with Gasteiger partial charge in [-0.3, -0.25) is 5.10 Å². The van der Waals surface area contributed by atoms with Crippen LogP contribution in [0.4, 0.5) is 19.1 Å². The summed E-state index contributed by atoms with van der Waals surface area (Å²) >= 11 is 0. The molecule has 3 aromatic heterocycles. The molecule has 0 radical (unpaired) electrons. The summed E-state index contributed by atoms with van der Waals surface area (Å²) in [6, 6.07) is 4.26. The second kappa shape index (κ2) is 6.07. The minimum atomic E-state index is -4.50. The number of nitrogens with zero attached hydrogens (tertiary/aromatic N) is 4. The molecule has 0 aliphatic carbocycles. The van der Waals surface area contributed by atoms with Crippen molar-refractivity contribution in [1.82, 2.24) is 25.1 Å². The van der Waals surface area contributed by atoms with Crippen molar-refractivity contribution >= 4 is 5.95 Å². The van der Waals surface area contributed by atoms with Crippen LogP contribution in [-0.2, 0) is 12.6 Å². The third kappa shape index (κ3) is 3.65. The van der Waals surface area contributed by atoms with Crippen molar-refractivity contribution in [3.8, 4) is 11.6 Å². The fourth-order valence-electron chi connectivity index (χ4n) is 1.82. The maximum Gasteiger partial charge on any atom is 0.433 e. The predicted octanol–water partition coefficient (Wildman–Crippen LogP) is 2.53. The molecule has 3 aromatic rings. The Kier molecular flexibility index (Phi) is 3.96. The number of rotatable bonds is 5. The Morgan fingerprint density at radius 3 is 2.83 bits per heavy atom. The maximum absolute atomic E-state index is 12.5. The van der Waals surface area contributed by atoms with E-state index in [0.29, 0.717) is 30.4 Å². The van der Waals surface area contributed by atoms with Gasteiger partial charge in [-0.25, -0.2) is 15.0 Å². The molecular weight excluding hydrogens is 313 g/mol. The van der Waals surface area contributed by atoms with Crippen LogP contribution in [0.3, 0.4) is 0 Å². The first-order chi connectivity index (χ1) is 11.0. The zero-order valence-electron chi connectivity index (χ0n) is 11.6. The number of H-pyrrole nitrogens is 1. The Bertz CT molecular complexity index is 768. The number of aromatic nitrogens is 5. The van der Waals surface area contributed by atoms with Gasteiger partial charge in [-0.2, -0.15) is 18.3 Å². The molecule has 10 heteroatoms. The normalized spacial score (nSPS) is 11.6. The molecule has 0 fully saturated rings. The van der Waals surface area contributed by atoms with Crippen molar-refractivity contribution in [1.29, 1.82) is 0 Å². The Hall–Kier alpha value is -2.91. The van der Waals surface area contributed by atoms with E-state index in [9.17, 15) is 13.2 Å². The van der Waals surface area contributed by atoms with Gasteiger partial charge in [0.15, 0.2) is 5.76 Å². The lowest BCUT2D eigenvalue weighted by atomic mass is 10.4. The lowest BCUT2D eigenvalue weighted by molar-refractivity contribution is -0.141. The predicted molar refractivity (Wildman–Crippen MR) is 73.3 cm³/mol. The smallest absolute Gasteiger partial charge is 0.433 e. The van der Waals surface area contributed by atoms with Crippen LogP contribution in [0, 0.1) is 0 Å². The first-order valence-electron chi connectivity index (χ1n) is 6.61. The monoisotopic (exact) mass is 324 g/mol. The molecule has 7 nitrogen and oxygen atoms in total. The number of alkyl halides is 3. The number of anilines is 1. The average molecular weight is 324 g/mol. The number of nitrogens with one attached hydrogen (secondary N) is 2. The van der Waals surface area contributed by atoms with Crippen LogP contribution in [0.1, 0.15) is 11.5 Å². The molecule has 0 aliphatic heterocycles. The fraction of sp³-hybridized carbons (Fsp3) is 0.231. The SMILES string of the molecule is FC(F)(F)c1ccnc(NCCc2nc(-c3ccco3)n[nH]2)n1. The van der Waals surface area contributed by atoms with Gasteiger partial charge in [-0.1, -0.05) is 0 Å². The van der Waals surface area contributed by atoms with Gasteiger partial charge in [-0.15, -0.1) is 0 Å². The quantitative estimate of drug-likeness (QED) is 0.749. The molecule has 3 rings (SSSR count). The summed E-state index contributed by atoms with van der Waals surface area (Å²) in [4.78, 5) is 11.4. The zero-order valence-corrected chi connectivity index (χ0v) is 11.6. The van der Waals surface area contributed by atoms with Gasteiger partial charge in [0, 0.05) is 19.2 Å². The van der Waals surface area contributed by atoms with E-state index in [4.69, 9.17) is 4.42 Å². The number of furan rings is 1. The van der Waals surface area contributed by atoms with Crippen molar-refractivity contribution in [3.63, 3.8) is 0 Å². The Morgan fingerprint density at radius 2 is 2.09 bits per heavy atom. The van der Waals surface area contributed by atoms with Gasteiger partial charge >= 0.3 is 6.18 Å². The van der Waals surface area contributed by atoms with E-state index in [0.717, 1.165) is 12.3 Å². The van der Waals surface area contributed by atoms with E-state index in [1.165, 1.54) is 6.26 Å². The molecule has 0 saturated heterocycles. The van der Waals surface area contributed by atoms with E-state index in [-0.39, 0.29) is 5.95 Å². The summed E-state index contributed by atoms with van der Waals surface area (Å²) in [6.07, 6.45) is -1.52. The van der Waals surface area contributed by atoms with Crippen LogP contribution < -0.4 is 5.32 Å². The van der Waals surface area contributed by atoms with Crippen LogP contribution in [0.5, 0.6) is 0 Å². The van der Waals surface area contributed by atoms with E-state index in [1.54, 1.807) is 12.1 Å². The third-order valence-corrected chi connectivity index (χ3v) is 2.86. The van der Waals surface area contributed by atoms with E-state index in [2.05, 4.69) is 30.5 Å². The van der Waals surface area contributed by atoms with E-state index in [1.807, 2.05) is 0 Å². The van der Waals surface area contributed by atoms with Crippen molar-refractivity contribution in [2.45, 2.75) is 12.6 Å². The Balaban J connectivity index is 1.58. The molecule has 120 valence electrons. The minimum absolute atomic E-state index is 0.0920. The molecule has 23 heavy (non-hydrogen) atoms. The van der Waals surface area contributed by atoms with Crippen molar-refractivity contribution < 1.29 is 17.6 Å². The molecule has 0 atom stereocenters. The summed E-state index contributed by atoms with van der Waals surface area (Å²) < 4.78 is 42.8. The molecule has 0 spiro atoms. The van der Waals surface area contributed by atoms with Gasteiger partial charge in [0.2, 0.25) is 11.8 Å². The van der Waals surface area contributed by atoms with Gasteiger partial charge in [0.05, 0.1) is 6.26 Å². The van der Waals surface area contributed by atoms with Crippen molar-refractivity contribution in [3.05, 3.63) is 42.2 Å². The van der Waals surface area contributed by atoms with Gasteiger partial charge in [0.25, 0.3) is 0 Å². The first kappa shape index (κ1) is 15.0. The van der Waals surface area contributed by atoms with Gasteiger partial charge < -0.3 is 9.73 Å². The Morgan fingerprint density at radius 1 is 1.22 bits per heavy atom. The molecular formula is C13H11F3N6O. The largest absolute Gasteiger partial charge is 0.461 e. The lowest BCUT2D eigenvalue weighted by Crippen LogP contribution is -2.13. The van der Waals surface area contributed by atoms with Crippen LogP contribution >= 0.6 is 0 Å². The standard InChI is InChI=1S/C13H11F3N6O/c14-13(15,16)9-3-5-17-12(19-9)18-6-4-10-20-11(22-21-10)8-2-1-7-23-8/h1-3,5,7H,4,6H2,(H,17,18,19)(H,20,21,22). The fourth-order valence-corrected chi connectivity index (χ4v) is 1.82. The van der Waals surface area contributed by atoms with E-state index < -0.39 is 11.9 Å². The van der Waals surface area contributed by atoms with Crippen LogP contribution in [0.15, 0.2) is 35.1 Å². The van der Waals surface area contributed by atoms with Gasteiger partial charge in [0.1, 0.15) is 11.5 Å². The molecule has 3 heterocycles. The number of aromatic amines is 1. The van der Waals surface area contributed by atoms with Crippen LogP contribution in [0.2, 0.25) is 0 Å². The molecule has 0 amide bonds. The summed E-state index contributed by atoms with van der Waals surface area (Å²) in [5.74, 6) is 1.42. The van der Waals surface area contributed by atoms with E-state index >= 15 is 0 Å².